The number of ketones is 2. The van der Waals surface area contributed by atoms with E-state index in [9.17, 15) is 9.59 Å². The molecule has 5 aromatic rings. The maximum Gasteiger partial charge on any atom is 0.223 e. The first-order valence-corrected chi connectivity index (χ1v) is 10.6. The largest absolute Gasteiger partial charge is 0.294 e. The van der Waals surface area contributed by atoms with Crippen molar-refractivity contribution in [1.29, 1.82) is 0 Å². The molecule has 0 radical (unpaired) electrons. The molecule has 3 aromatic heterocycles. The molecule has 152 valence electrons. The number of para-hydroxylation sites is 1. The van der Waals surface area contributed by atoms with Crippen LogP contribution in [0.15, 0.2) is 72.9 Å². The van der Waals surface area contributed by atoms with Crippen LogP contribution in [0.25, 0.3) is 21.9 Å². The van der Waals surface area contributed by atoms with E-state index in [1.165, 1.54) is 22.9 Å². The van der Waals surface area contributed by atoms with E-state index < -0.39 is 0 Å². The molecule has 2 aromatic carbocycles. The Bertz CT molecular complexity index is 1430. The van der Waals surface area contributed by atoms with E-state index in [4.69, 9.17) is 4.98 Å². The number of aromatic nitrogens is 4. The van der Waals surface area contributed by atoms with Gasteiger partial charge in [0.1, 0.15) is 11.4 Å². The number of carbonyl (C=O) groups is 2. The van der Waals surface area contributed by atoms with Crippen molar-refractivity contribution in [2.24, 2.45) is 0 Å². The molecule has 0 atom stereocenters. The lowest BCUT2D eigenvalue weighted by Gasteiger charge is -2.06. The molecular formula is C24H18N4O2S. The fraction of sp³-hybridized carbons (Fsp3) is 0.0833. The van der Waals surface area contributed by atoms with Crippen LogP contribution in [0.5, 0.6) is 0 Å². The molecule has 3 heterocycles. The molecule has 5 rings (SSSR count). The Kier molecular flexibility index (Phi) is 4.60. The number of fused-ring (bicyclic) bond motifs is 1. The predicted molar refractivity (Wildman–Crippen MR) is 120 cm³/mol. The highest BCUT2D eigenvalue weighted by Crippen LogP contribution is 2.29. The summed E-state index contributed by atoms with van der Waals surface area (Å²) in [4.78, 5) is 31.5. The number of aryl methyl sites for hydroxylation is 1. The standard InChI is InChI=1S/C24H18N4O2S/c1-15-23(31-24-25-20(14-27(15)24)17-9-5-3-6-10-17)22(30)21-13-19(16(2)29)26-28(21)18-11-7-4-8-12-18/h3-14H,1-2H3. The Morgan fingerprint density at radius 2 is 1.65 bits per heavy atom. The van der Waals surface area contributed by atoms with Crippen molar-refractivity contribution in [2.75, 3.05) is 0 Å². The van der Waals surface area contributed by atoms with Gasteiger partial charge in [-0.2, -0.15) is 5.10 Å². The zero-order valence-electron chi connectivity index (χ0n) is 16.9. The summed E-state index contributed by atoms with van der Waals surface area (Å²) in [5, 5.41) is 4.38. The molecule has 0 aliphatic heterocycles. The highest BCUT2D eigenvalue weighted by molar-refractivity contribution is 7.19. The third-order valence-corrected chi connectivity index (χ3v) is 6.29. The molecule has 0 aliphatic carbocycles. The van der Waals surface area contributed by atoms with Crippen LogP contribution in [0.3, 0.4) is 0 Å². The number of benzene rings is 2. The number of rotatable bonds is 5. The molecule has 0 unspecified atom stereocenters. The molecule has 0 aliphatic rings. The Balaban J connectivity index is 1.60. The Morgan fingerprint density at radius 1 is 0.968 bits per heavy atom. The van der Waals surface area contributed by atoms with Crippen molar-refractivity contribution in [1.82, 2.24) is 19.2 Å². The van der Waals surface area contributed by atoms with Crippen LogP contribution in [0.2, 0.25) is 0 Å². The fourth-order valence-electron chi connectivity index (χ4n) is 3.51. The molecule has 0 fully saturated rings. The molecule has 0 spiro atoms. The normalized spacial score (nSPS) is 11.2. The van der Waals surface area contributed by atoms with Gasteiger partial charge in [0, 0.05) is 24.4 Å². The summed E-state index contributed by atoms with van der Waals surface area (Å²) in [6, 6.07) is 20.8. The molecule has 0 bridgehead atoms. The first-order valence-electron chi connectivity index (χ1n) is 9.78. The molecule has 0 saturated carbocycles. The molecule has 6 nitrogen and oxygen atoms in total. The van der Waals surface area contributed by atoms with Crippen LogP contribution in [-0.2, 0) is 0 Å². The van der Waals surface area contributed by atoms with E-state index >= 15 is 0 Å². The highest BCUT2D eigenvalue weighted by Gasteiger charge is 2.25. The van der Waals surface area contributed by atoms with E-state index in [0.717, 1.165) is 27.6 Å². The van der Waals surface area contributed by atoms with Gasteiger partial charge >= 0.3 is 0 Å². The Morgan fingerprint density at radius 3 is 2.29 bits per heavy atom. The molecule has 0 amide bonds. The summed E-state index contributed by atoms with van der Waals surface area (Å²) in [5.74, 6) is -0.368. The Labute approximate surface area is 182 Å². The second-order valence-corrected chi connectivity index (χ2v) is 8.19. The minimum Gasteiger partial charge on any atom is -0.294 e. The van der Waals surface area contributed by atoms with Crippen molar-refractivity contribution in [3.05, 3.63) is 94.9 Å². The summed E-state index contributed by atoms with van der Waals surface area (Å²) in [7, 11) is 0. The van der Waals surface area contributed by atoms with E-state index in [1.807, 2.05) is 78.2 Å². The first-order chi connectivity index (χ1) is 15.0. The summed E-state index contributed by atoms with van der Waals surface area (Å²) in [6.45, 7) is 3.35. The number of hydrogen-bond donors (Lipinski definition) is 0. The number of carbonyl (C=O) groups excluding carboxylic acids is 2. The van der Waals surface area contributed by atoms with Crippen molar-refractivity contribution >= 4 is 27.9 Å². The lowest BCUT2D eigenvalue weighted by molar-refractivity contribution is 0.101. The molecule has 0 saturated heterocycles. The van der Waals surface area contributed by atoms with E-state index in [-0.39, 0.29) is 17.3 Å². The van der Waals surface area contributed by atoms with Gasteiger partial charge in [0.05, 0.1) is 16.3 Å². The molecule has 0 N–H and O–H groups in total. The molecule has 7 heteroatoms. The second-order valence-electron chi connectivity index (χ2n) is 7.21. The minimum absolute atomic E-state index is 0.182. The number of nitrogens with zero attached hydrogens (tertiary/aromatic N) is 4. The summed E-state index contributed by atoms with van der Waals surface area (Å²) in [5.41, 5.74) is 4.04. The first kappa shape index (κ1) is 19.1. The van der Waals surface area contributed by atoms with Crippen molar-refractivity contribution < 1.29 is 9.59 Å². The number of hydrogen-bond acceptors (Lipinski definition) is 5. The van der Waals surface area contributed by atoms with Gasteiger partial charge in [-0.05, 0) is 25.1 Å². The van der Waals surface area contributed by atoms with E-state index in [0.29, 0.717) is 10.6 Å². The Hall–Kier alpha value is -3.84. The van der Waals surface area contributed by atoms with Gasteiger partial charge in [0.25, 0.3) is 0 Å². The number of imidazole rings is 1. The van der Waals surface area contributed by atoms with Crippen molar-refractivity contribution in [3.8, 4) is 16.9 Å². The third-order valence-electron chi connectivity index (χ3n) is 5.14. The van der Waals surface area contributed by atoms with Crippen LogP contribution in [0.4, 0.5) is 0 Å². The van der Waals surface area contributed by atoms with Gasteiger partial charge in [-0.1, -0.05) is 59.9 Å². The number of Topliss-reactive ketones (excluding diaryl/α,β-unsaturated/α-hetero) is 1. The zero-order valence-corrected chi connectivity index (χ0v) is 17.8. The molecular weight excluding hydrogens is 408 g/mol. The van der Waals surface area contributed by atoms with E-state index in [2.05, 4.69) is 5.10 Å². The van der Waals surface area contributed by atoms with Crippen LogP contribution in [0, 0.1) is 6.92 Å². The topological polar surface area (TPSA) is 69.3 Å². The quantitative estimate of drug-likeness (QED) is 0.371. The second kappa shape index (κ2) is 7.45. The van der Waals surface area contributed by atoms with Crippen molar-refractivity contribution in [2.45, 2.75) is 13.8 Å². The fourth-order valence-corrected chi connectivity index (χ4v) is 4.56. The lowest BCUT2D eigenvalue weighted by Crippen LogP contribution is -2.10. The molecule has 31 heavy (non-hydrogen) atoms. The predicted octanol–water partition coefficient (Wildman–Crippen LogP) is 4.99. The van der Waals surface area contributed by atoms with Gasteiger partial charge < -0.3 is 0 Å². The monoisotopic (exact) mass is 426 g/mol. The summed E-state index contributed by atoms with van der Waals surface area (Å²) in [6.07, 6.45) is 1.95. The average Bonchev–Trinajstić information content (AvgIpc) is 3.49. The summed E-state index contributed by atoms with van der Waals surface area (Å²) >= 11 is 1.34. The van der Waals surface area contributed by atoms with E-state index in [1.54, 1.807) is 6.07 Å². The van der Waals surface area contributed by atoms with Gasteiger partial charge in [-0.15, -0.1) is 0 Å². The smallest absolute Gasteiger partial charge is 0.223 e. The zero-order chi connectivity index (χ0) is 21.5. The van der Waals surface area contributed by atoms with Crippen LogP contribution >= 0.6 is 11.3 Å². The average molecular weight is 427 g/mol. The lowest BCUT2D eigenvalue weighted by atomic mass is 10.1. The van der Waals surface area contributed by atoms with Crippen LogP contribution in [-0.4, -0.2) is 30.7 Å². The SMILES string of the molecule is CC(=O)c1cc(C(=O)c2sc3nc(-c4ccccc4)cn3c2C)n(-c2ccccc2)n1. The van der Waals surface area contributed by atoms with Gasteiger partial charge in [-0.3, -0.25) is 14.0 Å². The number of thiazole rings is 1. The summed E-state index contributed by atoms with van der Waals surface area (Å²) < 4.78 is 3.48. The van der Waals surface area contributed by atoms with Crippen LogP contribution in [0.1, 0.15) is 38.5 Å². The van der Waals surface area contributed by atoms with Gasteiger partial charge in [0.15, 0.2) is 10.7 Å². The van der Waals surface area contributed by atoms with Crippen LogP contribution < -0.4 is 0 Å². The highest BCUT2D eigenvalue weighted by atomic mass is 32.1. The maximum absolute atomic E-state index is 13.5. The third kappa shape index (κ3) is 3.29. The van der Waals surface area contributed by atoms with Crippen molar-refractivity contribution in [3.63, 3.8) is 0 Å². The maximum atomic E-state index is 13.5. The minimum atomic E-state index is -0.186. The van der Waals surface area contributed by atoms with Gasteiger partial charge in [-0.25, -0.2) is 9.67 Å². The van der Waals surface area contributed by atoms with Gasteiger partial charge in [0.2, 0.25) is 5.78 Å².